The van der Waals surface area contributed by atoms with Crippen LogP contribution in [0.2, 0.25) is 0 Å². The number of rotatable bonds is 3. The predicted octanol–water partition coefficient (Wildman–Crippen LogP) is -1.43. The van der Waals surface area contributed by atoms with Crippen molar-refractivity contribution in [2.45, 2.75) is 18.4 Å². The highest BCUT2D eigenvalue weighted by Gasteiger charge is 2.35. The van der Waals surface area contributed by atoms with Crippen molar-refractivity contribution < 1.29 is 9.53 Å². The molecule has 5 nitrogen and oxygen atoms in total. The van der Waals surface area contributed by atoms with E-state index in [1.165, 1.54) is 0 Å². The highest BCUT2D eigenvalue weighted by molar-refractivity contribution is 5.86. The summed E-state index contributed by atoms with van der Waals surface area (Å²) in [4.78, 5) is 11.5. The third kappa shape index (κ3) is 2.65. The lowest BCUT2D eigenvalue weighted by Gasteiger charge is -2.31. The monoisotopic (exact) mass is 187 g/mol. The minimum atomic E-state index is -0.743. The zero-order chi connectivity index (χ0) is 9.73. The van der Waals surface area contributed by atoms with E-state index in [4.69, 9.17) is 16.2 Å². The van der Waals surface area contributed by atoms with Gasteiger partial charge in [0.15, 0.2) is 0 Å². The molecule has 1 aliphatic rings. The van der Waals surface area contributed by atoms with E-state index < -0.39 is 5.54 Å². The summed E-state index contributed by atoms with van der Waals surface area (Å²) in [5.74, 6) is -0.110. The highest BCUT2D eigenvalue weighted by atomic mass is 16.5. The summed E-state index contributed by atoms with van der Waals surface area (Å²) in [7, 11) is 0. The first-order valence-electron chi connectivity index (χ1n) is 4.54. The van der Waals surface area contributed by atoms with E-state index in [0.29, 0.717) is 39.1 Å². The van der Waals surface area contributed by atoms with E-state index in [1.807, 2.05) is 0 Å². The largest absolute Gasteiger partial charge is 0.381 e. The van der Waals surface area contributed by atoms with E-state index >= 15 is 0 Å². The summed E-state index contributed by atoms with van der Waals surface area (Å²) in [6.07, 6.45) is 1.17. The van der Waals surface area contributed by atoms with Gasteiger partial charge in [-0.3, -0.25) is 4.79 Å². The zero-order valence-corrected chi connectivity index (χ0v) is 7.71. The van der Waals surface area contributed by atoms with Gasteiger partial charge in [-0.2, -0.15) is 0 Å². The lowest BCUT2D eigenvalue weighted by Crippen LogP contribution is -2.57. The Morgan fingerprint density at radius 3 is 2.62 bits per heavy atom. The molecule has 0 spiro atoms. The molecule has 5 heteroatoms. The number of hydrogen-bond donors (Lipinski definition) is 3. The fourth-order valence-electron chi connectivity index (χ4n) is 1.32. The Bertz CT molecular complexity index is 178. The first kappa shape index (κ1) is 10.4. The summed E-state index contributed by atoms with van der Waals surface area (Å²) >= 11 is 0. The molecule has 13 heavy (non-hydrogen) atoms. The number of hydrogen-bond acceptors (Lipinski definition) is 4. The predicted molar refractivity (Wildman–Crippen MR) is 49.0 cm³/mol. The molecule has 0 aromatic carbocycles. The Kier molecular flexibility index (Phi) is 3.65. The molecule has 0 bridgehead atoms. The molecule has 76 valence electrons. The number of carbonyl (C=O) groups excluding carboxylic acids is 1. The van der Waals surface area contributed by atoms with Crippen LogP contribution < -0.4 is 16.8 Å². The van der Waals surface area contributed by atoms with Crippen LogP contribution in [0.1, 0.15) is 12.8 Å². The van der Waals surface area contributed by atoms with Crippen LogP contribution in [-0.2, 0) is 9.53 Å². The summed E-state index contributed by atoms with van der Waals surface area (Å²) in [5, 5.41) is 2.70. The molecule has 0 radical (unpaired) electrons. The van der Waals surface area contributed by atoms with Crippen LogP contribution in [0.3, 0.4) is 0 Å². The van der Waals surface area contributed by atoms with Crippen LogP contribution in [-0.4, -0.2) is 37.7 Å². The third-order valence-electron chi connectivity index (χ3n) is 2.27. The van der Waals surface area contributed by atoms with Gasteiger partial charge in [0.25, 0.3) is 0 Å². The standard InChI is InChI=1S/C8H17N3O2/c9-3-4-11-7(12)8(10)1-5-13-6-2-8/h1-6,9-10H2,(H,11,12). The zero-order valence-electron chi connectivity index (χ0n) is 7.71. The van der Waals surface area contributed by atoms with Gasteiger partial charge in [-0.1, -0.05) is 0 Å². The molecule has 1 rings (SSSR count). The van der Waals surface area contributed by atoms with Gasteiger partial charge in [0.2, 0.25) is 5.91 Å². The Labute approximate surface area is 77.8 Å². The lowest BCUT2D eigenvalue weighted by atomic mass is 9.90. The Balaban J connectivity index is 2.42. The third-order valence-corrected chi connectivity index (χ3v) is 2.27. The molecule has 0 aliphatic carbocycles. The summed E-state index contributed by atoms with van der Waals surface area (Å²) in [6, 6.07) is 0. The summed E-state index contributed by atoms with van der Waals surface area (Å²) in [6.45, 7) is 2.05. The quantitative estimate of drug-likeness (QED) is 0.505. The van der Waals surface area contributed by atoms with Crippen LogP contribution in [0.4, 0.5) is 0 Å². The maximum atomic E-state index is 11.5. The van der Waals surface area contributed by atoms with E-state index in [-0.39, 0.29) is 5.91 Å². The molecule has 0 atom stereocenters. The van der Waals surface area contributed by atoms with E-state index in [2.05, 4.69) is 5.32 Å². The topological polar surface area (TPSA) is 90.4 Å². The lowest BCUT2D eigenvalue weighted by molar-refractivity contribution is -0.129. The molecule has 0 saturated carbocycles. The number of nitrogens with two attached hydrogens (primary N) is 2. The van der Waals surface area contributed by atoms with Gasteiger partial charge in [0.05, 0.1) is 5.54 Å². The molecule has 1 saturated heterocycles. The Hall–Kier alpha value is -0.650. The van der Waals surface area contributed by atoms with Crippen molar-refractivity contribution in [3.05, 3.63) is 0 Å². The van der Waals surface area contributed by atoms with Gasteiger partial charge in [0.1, 0.15) is 0 Å². The van der Waals surface area contributed by atoms with Crippen LogP contribution in [0.5, 0.6) is 0 Å². The molecule has 5 N–H and O–H groups in total. The van der Waals surface area contributed by atoms with E-state index in [0.717, 1.165) is 0 Å². The normalized spacial score (nSPS) is 21.1. The van der Waals surface area contributed by atoms with Crippen molar-refractivity contribution in [3.8, 4) is 0 Å². The fourth-order valence-corrected chi connectivity index (χ4v) is 1.32. The first-order valence-corrected chi connectivity index (χ1v) is 4.54. The van der Waals surface area contributed by atoms with Gasteiger partial charge in [-0.05, 0) is 12.8 Å². The SMILES string of the molecule is NCCNC(=O)C1(N)CCOCC1. The Morgan fingerprint density at radius 1 is 1.46 bits per heavy atom. The van der Waals surface area contributed by atoms with Crippen molar-refractivity contribution in [3.63, 3.8) is 0 Å². The number of ether oxygens (including phenoxy) is 1. The molecule has 1 amide bonds. The van der Waals surface area contributed by atoms with Crippen molar-refractivity contribution >= 4 is 5.91 Å². The molecular weight excluding hydrogens is 170 g/mol. The molecular formula is C8H17N3O2. The van der Waals surface area contributed by atoms with Crippen molar-refractivity contribution in [1.82, 2.24) is 5.32 Å². The summed E-state index contributed by atoms with van der Waals surface area (Å²) in [5.41, 5.74) is 10.4. The van der Waals surface area contributed by atoms with Crippen molar-refractivity contribution in [2.24, 2.45) is 11.5 Å². The molecule has 0 aromatic heterocycles. The van der Waals surface area contributed by atoms with Crippen LogP contribution in [0, 0.1) is 0 Å². The second-order valence-corrected chi connectivity index (χ2v) is 3.31. The van der Waals surface area contributed by atoms with Crippen LogP contribution in [0.15, 0.2) is 0 Å². The second kappa shape index (κ2) is 4.55. The fraction of sp³-hybridized carbons (Fsp3) is 0.875. The molecule has 1 heterocycles. The average Bonchev–Trinajstić information content (AvgIpc) is 2.15. The first-order chi connectivity index (χ1) is 6.19. The minimum Gasteiger partial charge on any atom is -0.381 e. The van der Waals surface area contributed by atoms with Gasteiger partial charge >= 0.3 is 0 Å². The van der Waals surface area contributed by atoms with Gasteiger partial charge in [-0.25, -0.2) is 0 Å². The maximum absolute atomic E-state index is 11.5. The van der Waals surface area contributed by atoms with Gasteiger partial charge in [-0.15, -0.1) is 0 Å². The number of nitrogens with one attached hydrogen (secondary N) is 1. The molecule has 1 aliphatic heterocycles. The molecule has 0 unspecified atom stereocenters. The Morgan fingerprint density at radius 2 is 2.08 bits per heavy atom. The van der Waals surface area contributed by atoms with Gasteiger partial charge in [0, 0.05) is 26.3 Å². The van der Waals surface area contributed by atoms with Crippen molar-refractivity contribution in [1.29, 1.82) is 0 Å². The number of amides is 1. The minimum absolute atomic E-state index is 0.110. The van der Waals surface area contributed by atoms with E-state index in [1.54, 1.807) is 0 Å². The van der Waals surface area contributed by atoms with Crippen LogP contribution >= 0.6 is 0 Å². The smallest absolute Gasteiger partial charge is 0.240 e. The molecule has 1 fully saturated rings. The molecule has 0 aromatic rings. The van der Waals surface area contributed by atoms with Crippen LogP contribution in [0.25, 0.3) is 0 Å². The van der Waals surface area contributed by atoms with Crippen molar-refractivity contribution in [2.75, 3.05) is 26.3 Å². The maximum Gasteiger partial charge on any atom is 0.240 e. The van der Waals surface area contributed by atoms with Gasteiger partial charge < -0.3 is 21.5 Å². The summed E-state index contributed by atoms with van der Waals surface area (Å²) < 4.78 is 5.13. The number of carbonyl (C=O) groups is 1. The van der Waals surface area contributed by atoms with E-state index in [9.17, 15) is 4.79 Å². The second-order valence-electron chi connectivity index (χ2n) is 3.31. The average molecular weight is 187 g/mol. The highest BCUT2D eigenvalue weighted by Crippen LogP contribution is 2.17.